The molecule has 0 fully saturated rings. The molecule has 0 aliphatic carbocycles. The lowest BCUT2D eigenvalue weighted by molar-refractivity contribution is 0.102. The first kappa shape index (κ1) is 17.6. The van der Waals surface area contributed by atoms with Gasteiger partial charge in [0.1, 0.15) is 10.6 Å². The second-order valence-electron chi connectivity index (χ2n) is 4.72. The molecule has 0 spiro atoms. The Morgan fingerprint density at radius 2 is 1.83 bits per heavy atom. The Balaban J connectivity index is 2.36. The number of amides is 1. The predicted octanol–water partition coefficient (Wildman–Crippen LogP) is 3.66. The van der Waals surface area contributed by atoms with Crippen LogP contribution in [0.5, 0.6) is 5.75 Å². The Hall–Kier alpha value is -1.76. The third-order valence-corrected chi connectivity index (χ3v) is 4.67. The van der Waals surface area contributed by atoms with Crippen molar-refractivity contribution in [1.82, 2.24) is 0 Å². The number of hydrogen-bond donors (Lipinski definition) is 1. The molecule has 23 heavy (non-hydrogen) atoms. The van der Waals surface area contributed by atoms with Crippen LogP contribution in [0.3, 0.4) is 0 Å². The van der Waals surface area contributed by atoms with Crippen molar-refractivity contribution in [3.8, 4) is 5.75 Å². The Bertz CT molecular complexity index is 866. The van der Waals surface area contributed by atoms with Crippen molar-refractivity contribution in [3.63, 3.8) is 0 Å². The largest absolute Gasteiger partial charge is 0.495 e. The van der Waals surface area contributed by atoms with Gasteiger partial charge in [0.05, 0.1) is 17.8 Å². The highest BCUT2D eigenvalue weighted by Crippen LogP contribution is 2.28. The number of sulfone groups is 1. The lowest BCUT2D eigenvalue weighted by Crippen LogP contribution is -2.13. The molecule has 8 heteroatoms. The first-order valence-corrected chi connectivity index (χ1v) is 9.01. The van der Waals surface area contributed by atoms with Crippen LogP contribution in [-0.4, -0.2) is 27.7 Å². The van der Waals surface area contributed by atoms with Gasteiger partial charge in [0.2, 0.25) is 0 Å². The summed E-state index contributed by atoms with van der Waals surface area (Å²) in [6, 6.07) is 8.78. The summed E-state index contributed by atoms with van der Waals surface area (Å²) < 4.78 is 28.6. The molecule has 2 rings (SSSR count). The van der Waals surface area contributed by atoms with Crippen LogP contribution in [0.25, 0.3) is 0 Å². The Labute approximate surface area is 144 Å². The van der Waals surface area contributed by atoms with Crippen LogP contribution in [0.2, 0.25) is 10.0 Å². The molecule has 0 atom stereocenters. The first-order chi connectivity index (χ1) is 10.7. The van der Waals surface area contributed by atoms with E-state index in [1.54, 1.807) is 12.1 Å². The number of carbonyl (C=O) groups excluding carboxylic acids is 1. The van der Waals surface area contributed by atoms with E-state index in [0.717, 1.165) is 6.26 Å². The number of benzene rings is 2. The third kappa shape index (κ3) is 4.16. The maximum Gasteiger partial charge on any atom is 0.255 e. The average Bonchev–Trinajstić information content (AvgIpc) is 2.48. The topological polar surface area (TPSA) is 72.5 Å². The van der Waals surface area contributed by atoms with E-state index < -0.39 is 15.7 Å². The van der Waals surface area contributed by atoms with Crippen LogP contribution in [-0.2, 0) is 9.84 Å². The summed E-state index contributed by atoms with van der Waals surface area (Å²) in [6.07, 6.45) is 1.04. The molecule has 0 saturated carbocycles. The Morgan fingerprint density at radius 3 is 2.39 bits per heavy atom. The van der Waals surface area contributed by atoms with Crippen molar-refractivity contribution >= 4 is 44.6 Å². The number of hydrogen-bond acceptors (Lipinski definition) is 4. The molecule has 0 radical (unpaired) electrons. The smallest absolute Gasteiger partial charge is 0.255 e. The maximum absolute atomic E-state index is 12.3. The van der Waals surface area contributed by atoms with Gasteiger partial charge in [-0.2, -0.15) is 0 Å². The minimum Gasteiger partial charge on any atom is -0.495 e. The van der Waals surface area contributed by atoms with Crippen molar-refractivity contribution in [1.29, 1.82) is 0 Å². The first-order valence-electron chi connectivity index (χ1n) is 6.37. The van der Waals surface area contributed by atoms with Gasteiger partial charge in [0.15, 0.2) is 9.84 Å². The molecule has 1 amide bonds. The van der Waals surface area contributed by atoms with Gasteiger partial charge in [-0.15, -0.1) is 0 Å². The highest BCUT2D eigenvalue weighted by molar-refractivity contribution is 7.90. The fourth-order valence-electron chi connectivity index (χ4n) is 1.89. The highest BCUT2D eigenvalue weighted by atomic mass is 35.5. The monoisotopic (exact) mass is 373 g/mol. The SMILES string of the molecule is COc1ccc(C(=O)Nc2ccc(Cl)cc2Cl)cc1S(C)(=O)=O. The summed E-state index contributed by atoms with van der Waals surface area (Å²) >= 11 is 11.8. The zero-order valence-corrected chi connectivity index (χ0v) is 14.6. The molecule has 0 aliphatic heterocycles. The molecule has 0 heterocycles. The molecule has 2 aromatic rings. The normalized spacial score (nSPS) is 11.1. The fourth-order valence-corrected chi connectivity index (χ4v) is 3.21. The van der Waals surface area contributed by atoms with Crippen LogP contribution in [0.4, 0.5) is 5.69 Å². The molecule has 0 saturated heterocycles. The lowest BCUT2D eigenvalue weighted by atomic mass is 10.2. The molecule has 0 aromatic heterocycles. The fraction of sp³-hybridized carbons (Fsp3) is 0.133. The van der Waals surface area contributed by atoms with Crippen molar-refractivity contribution in [2.45, 2.75) is 4.90 Å². The number of anilines is 1. The van der Waals surface area contributed by atoms with Gasteiger partial charge in [-0.05, 0) is 36.4 Å². The van der Waals surface area contributed by atoms with Crippen molar-refractivity contribution in [3.05, 3.63) is 52.0 Å². The summed E-state index contributed by atoms with van der Waals surface area (Å²) in [5, 5.41) is 3.33. The van der Waals surface area contributed by atoms with E-state index in [9.17, 15) is 13.2 Å². The number of methoxy groups -OCH3 is 1. The molecular formula is C15H13Cl2NO4S. The van der Waals surface area contributed by atoms with E-state index in [1.807, 2.05) is 0 Å². The van der Waals surface area contributed by atoms with E-state index in [4.69, 9.17) is 27.9 Å². The van der Waals surface area contributed by atoms with E-state index in [2.05, 4.69) is 5.32 Å². The van der Waals surface area contributed by atoms with Crippen molar-refractivity contribution in [2.24, 2.45) is 0 Å². The summed E-state index contributed by atoms with van der Waals surface area (Å²) in [5.41, 5.74) is 0.537. The Morgan fingerprint density at radius 1 is 1.13 bits per heavy atom. The molecule has 1 N–H and O–H groups in total. The number of rotatable bonds is 4. The lowest BCUT2D eigenvalue weighted by Gasteiger charge is -2.11. The van der Waals surface area contributed by atoms with Crippen LogP contribution in [0.1, 0.15) is 10.4 Å². The predicted molar refractivity (Wildman–Crippen MR) is 90.5 cm³/mol. The molecule has 0 bridgehead atoms. The van der Waals surface area contributed by atoms with Gasteiger partial charge in [-0.3, -0.25) is 4.79 Å². The standard InChI is InChI=1S/C15H13Cl2NO4S/c1-22-13-6-3-9(7-14(13)23(2,20)21)15(19)18-12-5-4-10(16)8-11(12)17/h3-8H,1-2H3,(H,18,19). The molecule has 0 aliphatic rings. The van der Waals surface area contributed by atoms with Crippen LogP contribution in [0.15, 0.2) is 41.3 Å². The number of carbonyl (C=O) groups is 1. The van der Waals surface area contributed by atoms with Crippen LogP contribution >= 0.6 is 23.2 Å². The van der Waals surface area contributed by atoms with Gasteiger partial charge in [-0.25, -0.2) is 8.42 Å². The summed E-state index contributed by atoms with van der Waals surface area (Å²) in [7, 11) is -2.18. The van der Waals surface area contributed by atoms with E-state index >= 15 is 0 Å². The second kappa shape index (κ2) is 6.78. The van der Waals surface area contributed by atoms with Crippen LogP contribution in [0, 0.1) is 0 Å². The summed E-state index contributed by atoms with van der Waals surface area (Å²) in [6.45, 7) is 0. The second-order valence-corrected chi connectivity index (χ2v) is 7.54. The molecule has 5 nitrogen and oxygen atoms in total. The minimum atomic E-state index is -3.54. The zero-order chi connectivity index (χ0) is 17.2. The maximum atomic E-state index is 12.3. The molecular weight excluding hydrogens is 361 g/mol. The van der Waals surface area contributed by atoms with Gasteiger partial charge in [0.25, 0.3) is 5.91 Å². The number of ether oxygens (including phenoxy) is 1. The number of nitrogens with one attached hydrogen (secondary N) is 1. The molecule has 122 valence electrons. The molecule has 0 unspecified atom stereocenters. The van der Waals surface area contributed by atoms with Crippen molar-refractivity contribution in [2.75, 3.05) is 18.7 Å². The van der Waals surface area contributed by atoms with E-state index in [1.165, 1.54) is 31.4 Å². The third-order valence-electron chi connectivity index (χ3n) is 3.00. The van der Waals surface area contributed by atoms with Crippen LogP contribution < -0.4 is 10.1 Å². The molecule has 2 aromatic carbocycles. The highest BCUT2D eigenvalue weighted by Gasteiger charge is 2.18. The van der Waals surface area contributed by atoms with E-state index in [-0.39, 0.29) is 21.2 Å². The number of halogens is 2. The van der Waals surface area contributed by atoms with Gasteiger partial charge < -0.3 is 10.1 Å². The quantitative estimate of drug-likeness (QED) is 0.887. The van der Waals surface area contributed by atoms with E-state index in [0.29, 0.717) is 10.7 Å². The summed E-state index contributed by atoms with van der Waals surface area (Å²) in [5.74, 6) is -0.324. The van der Waals surface area contributed by atoms with Crippen molar-refractivity contribution < 1.29 is 17.9 Å². The van der Waals surface area contributed by atoms with Gasteiger partial charge >= 0.3 is 0 Å². The van der Waals surface area contributed by atoms with Gasteiger partial charge in [0, 0.05) is 16.8 Å². The Kier molecular flexibility index (Phi) is 5.19. The average molecular weight is 374 g/mol. The van der Waals surface area contributed by atoms with Gasteiger partial charge in [-0.1, -0.05) is 23.2 Å². The summed E-state index contributed by atoms with van der Waals surface area (Å²) in [4.78, 5) is 12.2. The zero-order valence-electron chi connectivity index (χ0n) is 12.3. The minimum absolute atomic E-state index is 0.0603.